The molecule has 9 nitrogen and oxygen atoms in total. The SMILES string of the molecule is COc1ccc([C@@](C)(C[C@H](O)[C@H](CC2CCCCC2)NC(=O)OC(C)(C)C)C(=O)O)c(OC)c1OC. The molecule has 36 heavy (non-hydrogen) atoms. The molecule has 1 aromatic rings. The monoisotopic (exact) mass is 509 g/mol. The minimum Gasteiger partial charge on any atom is -0.493 e. The number of ether oxygens (including phenoxy) is 4. The number of amides is 1. The quantitative estimate of drug-likeness (QED) is 0.393. The van der Waals surface area contributed by atoms with E-state index >= 15 is 0 Å². The third-order valence-electron chi connectivity index (χ3n) is 6.87. The zero-order valence-corrected chi connectivity index (χ0v) is 22.7. The molecule has 204 valence electrons. The van der Waals surface area contributed by atoms with Gasteiger partial charge in [0.05, 0.1) is 38.9 Å². The van der Waals surface area contributed by atoms with Crippen molar-refractivity contribution in [1.29, 1.82) is 0 Å². The first-order valence-corrected chi connectivity index (χ1v) is 12.6. The third kappa shape index (κ3) is 7.41. The summed E-state index contributed by atoms with van der Waals surface area (Å²) in [6.07, 6.45) is 4.00. The molecule has 1 aliphatic rings. The number of aliphatic hydroxyl groups excluding tert-OH is 1. The molecular weight excluding hydrogens is 466 g/mol. The van der Waals surface area contributed by atoms with Crippen molar-refractivity contribution >= 4 is 12.1 Å². The van der Waals surface area contributed by atoms with E-state index in [0.717, 1.165) is 25.7 Å². The van der Waals surface area contributed by atoms with Crippen LogP contribution >= 0.6 is 0 Å². The Labute approximate surface area is 214 Å². The summed E-state index contributed by atoms with van der Waals surface area (Å²) in [6, 6.07) is 2.55. The zero-order valence-electron chi connectivity index (χ0n) is 22.7. The summed E-state index contributed by atoms with van der Waals surface area (Å²) < 4.78 is 21.8. The number of aliphatic carboxylic acids is 1. The summed E-state index contributed by atoms with van der Waals surface area (Å²) in [4.78, 5) is 25.3. The van der Waals surface area contributed by atoms with Gasteiger partial charge in [-0.15, -0.1) is 0 Å². The van der Waals surface area contributed by atoms with Crippen molar-refractivity contribution in [3.8, 4) is 17.2 Å². The Kier molecular flexibility index (Phi) is 10.3. The van der Waals surface area contributed by atoms with Crippen molar-refractivity contribution in [2.24, 2.45) is 5.92 Å². The number of alkyl carbamates (subject to hydrolysis) is 1. The molecule has 0 saturated heterocycles. The second-order valence-electron chi connectivity index (χ2n) is 10.8. The lowest BCUT2D eigenvalue weighted by Crippen LogP contribution is -2.49. The fraction of sp³-hybridized carbons (Fsp3) is 0.704. The number of hydrogen-bond acceptors (Lipinski definition) is 7. The van der Waals surface area contributed by atoms with Gasteiger partial charge in [0.1, 0.15) is 5.60 Å². The van der Waals surface area contributed by atoms with Gasteiger partial charge in [0, 0.05) is 5.56 Å². The van der Waals surface area contributed by atoms with E-state index in [9.17, 15) is 19.8 Å². The molecule has 0 spiro atoms. The number of benzene rings is 1. The molecule has 0 unspecified atom stereocenters. The van der Waals surface area contributed by atoms with Crippen molar-refractivity contribution in [1.82, 2.24) is 5.32 Å². The highest BCUT2D eigenvalue weighted by Gasteiger charge is 2.43. The van der Waals surface area contributed by atoms with Crippen LogP contribution in [0, 0.1) is 5.92 Å². The van der Waals surface area contributed by atoms with Crippen LogP contribution in [0.5, 0.6) is 17.2 Å². The maximum Gasteiger partial charge on any atom is 0.407 e. The number of methoxy groups -OCH3 is 3. The molecule has 3 atom stereocenters. The maximum absolute atomic E-state index is 12.7. The molecule has 1 amide bonds. The molecule has 0 aliphatic heterocycles. The standard InChI is InChI=1S/C27H43NO8/c1-26(2,3)36-25(32)28-19(15-17-11-9-8-10-12-17)20(29)16-27(4,24(30)31)18-13-14-21(33-5)23(35-7)22(18)34-6/h13-14,17,19-20,29H,8-12,15-16H2,1-7H3,(H,28,32)(H,30,31)/t19-,20-,27+/m0/s1. The number of carbonyl (C=O) groups is 2. The Morgan fingerprint density at radius 3 is 2.11 bits per heavy atom. The first-order valence-electron chi connectivity index (χ1n) is 12.6. The lowest BCUT2D eigenvalue weighted by molar-refractivity contribution is -0.144. The van der Waals surface area contributed by atoms with Gasteiger partial charge in [-0.3, -0.25) is 4.79 Å². The summed E-state index contributed by atoms with van der Waals surface area (Å²) in [5, 5.41) is 24.5. The van der Waals surface area contributed by atoms with Gasteiger partial charge < -0.3 is 34.5 Å². The van der Waals surface area contributed by atoms with E-state index in [2.05, 4.69) is 5.32 Å². The molecule has 0 heterocycles. The van der Waals surface area contributed by atoms with Crippen LogP contribution in [0.2, 0.25) is 0 Å². The van der Waals surface area contributed by atoms with Crippen molar-refractivity contribution < 1.29 is 38.7 Å². The van der Waals surface area contributed by atoms with Gasteiger partial charge in [0.2, 0.25) is 5.75 Å². The van der Waals surface area contributed by atoms with E-state index in [1.165, 1.54) is 34.7 Å². The van der Waals surface area contributed by atoms with Crippen LogP contribution in [0.3, 0.4) is 0 Å². The van der Waals surface area contributed by atoms with Crippen LogP contribution in [-0.2, 0) is 14.9 Å². The summed E-state index contributed by atoms with van der Waals surface area (Å²) >= 11 is 0. The summed E-state index contributed by atoms with van der Waals surface area (Å²) in [7, 11) is 4.35. The molecule has 1 saturated carbocycles. The molecule has 3 N–H and O–H groups in total. The number of carboxylic acids is 1. The molecule has 2 rings (SSSR count). The largest absolute Gasteiger partial charge is 0.493 e. The van der Waals surface area contributed by atoms with Crippen LogP contribution in [0.15, 0.2) is 12.1 Å². The summed E-state index contributed by atoms with van der Waals surface area (Å²) in [5.74, 6) is 0.0805. The Bertz CT molecular complexity index is 890. The van der Waals surface area contributed by atoms with Gasteiger partial charge >= 0.3 is 12.1 Å². The molecule has 0 radical (unpaired) electrons. The Morgan fingerprint density at radius 1 is 1.00 bits per heavy atom. The first kappa shape index (κ1) is 29.5. The second kappa shape index (κ2) is 12.5. The molecular formula is C27H43NO8. The van der Waals surface area contributed by atoms with Crippen molar-refractivity contribution in [2.75, 3.05) is 21.3 Å². The number of rotatable bonds is 11. The minimum absolute atomic E-state index is 0.165. The van der Waals surface area contributed by atoms with Crippen LogP contribution in [0.25, 0.3) is 0 Å². The van der Waals surface area contributed by atoms with E-state index in [4.69, 9.17) is 18.9 Å². The van der Waals surface area contributed by atoms with Crippen molar-refractivity contribution in [3.63, 3.8) is 0 Å². The fourth-order valence-corrected chi connectivity index (χ4v) is 4.96. The summed E-state index contributed by atoms with van der Waals surface area (Å²) in [5.41, 5.74) is -1.92. The predicted octanol–water partition coefficient (Wildman–Crippen LogP) is 4.67. The van der Waals surface area contributed by atoms with Gasteiger partial charge in [-0.2, -0.15) is 0 Å². The second-order valence-corrected chi connectivity index (χ2v) is 10.8. The smallest absolute Gasteiger partial charge is 0.407 e. The van der Waals surface area contributed by atoms with Gasteiger partial charge in [-0.1, -0.05) is 38.2 Å². The average molecular weight is 510 g/mol. The first-order chi connectivity index (χ1) is 16.9. The number of nitrogens with one attached hydrogen (secondary N) is 1. The molecule has 1 aromatic carbocycles. The average Bonchev–Trinajstić information content (AvgIpc) is 2.81. The van der Waals surface area contributed by atoms with Gasteiger partial charge in [0.15, 0.2) is 11.5 Å². The Balaban J connectivity index is 2.41. The topological polar surface area (TPSA) is 124 Å². The highest BCUT2D eigenvalue weighted by atomic mass is 16.6. The van der Waals surface area contributed by atoms with Crippen molar-refractivity contribution in [3.05, 3.63) is 17.7 Å². The molecule has 1 fully saturated rings. The van der Waals surface area contributed by atoms with E-state index < -0.39 is 35.2 Å². The van der Waals surface area contributed by atoms with E-state index in [0.29, 0.717) is 23.7 Å². The highest BCUT2D eigenvalue weighted by molar-refractivity contribution is 5.83. The van der Waals surface area contributed by atoms with Gasteiger partial charge in [0.25, 0.3) is 0 Å². The summed E-state index contributed by atoms with van der Waals surface area (Å²) in [6.45, 7) is 6.84. The van der Waals surface area contributed by atoms with Crippen LogP contribution in [0.4, 0.5) is 4.79 Å². The molecule has 1 aliphatic carbocycles. The maximum atomic E-state index is 12.7. The highest BCUT2D eigenvalue weighted by Crippen LogP contribution is 2.46. The Hall–Kier alpha value is -2.68. The van der Waals surface area contributed by atoms with Gasteiger partial charge in [-0.05, 0) is 52.5 Å². The van der Waals surface area contributed by atoms with E-state index in [1.807, 2.05) is 0 Å². The minimum atomic E-state index is -1.55. The zero-order chi connectivity index (χ0) is 27.1. The van der Waals surface area contributed by atoms with E-state index in [-0.39, 0.29) is 17.9 Å². The fourth-order valence-electron chi connectivity index (χ4n) is 4.96. The molecule has 0 bridgehead atoms. The Morgan fingerprint density at radius 2 is 1.61 bits per heavy atom. The predicted molar refractivity (Wildman–Crippen MR) is 136 cm³/mol. The number of carbonyl (C=O) groups excluding carboxylic acids is 1. The van der Waals surface area contributed by atoms with Gasteiger partial charge in [-0.25, -0.2) is 4.79 Å². The number of hydrogen-bond donors (Lipinski definition) is 3. The normalized spacial score (nSPS) is 17.9. The molecule has 0 aromatic heterocycles. The lowest BCUT2D eigenvalue weighted by atomic mass is 9.74. The third-order valence-corrected chi connectivity index (χ3v) is 6.87. The van der Waals surface area contributed by atoms with Crippen molar-refractivity contribution in [2.45, 2.75) is 95.8 Å². The van der Waals surface area contributed by atoms with Crippen LogP contribution in [-0.4, -0.2) is 61.4 Å². The number of carboxylic acid groups (broad SMARTS) is 1. The molecule has 9 heteroatoms. The lowest BCUT2D eigenvalue weighted by Gasteiger charge is -2.35. The van der Waals surface area contributed by atoms with Crippen LogP contribution in [0.1, 0.15) is 78.2 Å². The van der Waals surface area contributed by atoms with Crippen LogP contribution < -0.4 is 19.5 Å². The van der Waals surface area contributed by atoms with E-state index in [1.54, 1.807) is 32.9 Å². The number of aliphatic hydroxyl groups is 1.